The summed E-state index contributed by atoms with van der Waals surface area (Å²) < 4.78 is 5.12. The lowest BCUT2D eigenvalue weighted by Gasteiger charge is -2.16. The molecular weight excluding hydrogens is 204 g/mol. The van der Waals surface area contributed by atoms with E-state index in [1.807, 2.05) is 31.2 Å². The van der Waals surface area contributed by atoms with Crippen LogP contribution in [-0.4, -0.2) is 19.1 Å². The number of nitrogens with one attached hydrogen (secondary N) is 1. The molecule has 88 valence electrons. The number of hydrogen-bond acceptors (Lipinski definition) is 3. The van der Waals surface area contributed by atoms with Crippen molar-refractivity contribution < 1.29 is 9.53 Å². The monoisotopic (exact) mass is 222 g/mol. The van der Waals surface area contributed by atoms with E-state index >= 15 is 0 Å². The Labute approximate surface area is 95.8 Å². The number of rotatable bonds is 4. The molecular formula is C12H18N2O2. The first-order chi connectivity index (χ1) is 7.54. The summed E-state index contributed by atoms with van der Waals surface area (Å²) >= 11 is 0. The summed E-state index contributed by atoms with van der Waals surface area (Å²) in [4.78, 5) is 11.4. The van der Waals surface area contributed by atoms with Crippen molar-refractivity contribution >= 4 is 5.91 Å². The maximum Gasteiger partial charge on any atom is 0.237 e. The average Bonchev–Trinajstić information content (AvgIpc) is 2.28. The van der Waals surface area contributed by atoms with Gasteiger partial charge in [0, 0.05) is 0 Å². The SMILES string of the molecule is COc1cccc(C(C)NC(=O)[C@@H](C)N)c1. The van der Waals surface area contributed by atoms with Crippen LogP contribution in [0, 0.1) is 0 Å². The van der Waals surface area contributed by atoms with Gasteiger partial charge in [0.1, 0.15) is 5.75 Å². The molecule has 1 aromatic rings. The molecule has 0 bridgehead atoms. The van der Waals surface area contributed by atoms with Gasteiger partial charge in [0.25, 0.3) is 0 Å². The molecule has 1 amide bonds. The smallest absolute Gasteiger partial charge is 0.237 e. The van der Waals surface area contributed by atoms with Crippen LogP contribution in [0.4, 0.5) is 0 Å². The highest BCUT2D eigenvalue weighted by molar-refractivity contribution is 5.81. The Morgan fingerprint density at radius 1 is 1.44 bits per heavy atom. The van der Waals surface area contributed by atoms with E-state index in [-0.39, 0.29) is 11.9 Å². The zero-order chi connectivity index (χ0) is 12.1. The molecule has 0 spiro atoms. The number of methoxy groups -OCH3 is 1. The van der Waals surface area contributed by atoms with Crippen molar-refractivity contribution in [3.8, 4) is 5.75 Å². The Bertz CT molecular complexity index is 364. The first-order valence-electron chi connectivity index (χ1n) is 5.24. The van der Waals surface area contributed by atoms with Crippen LogP contribution in [0.25, 0.3) is 0 Å². The van der Waals surface area contributed by atoms with Gasteiger partial charge in [0.2, 0.25) is 5.91 Å². The van der Waals surface area contributed by atoms with Crippen molar-refractivity contribution in [3.05, 3.63) is 29.8 Å². The quantitative estimate of drug-likeness (QED) is 0.805. The third-order valence-electron chi connectivity index (χ3n) is 2.37. The summed E-state index contributed by atoms with van der Waals surface area (Å²) in [6, 6.07) is 7.02. The molecule has 1 rings (SSSR count). The Hall–Kier alpha value is -1.55. The molecule has 4 nitrogen and oxygen atoms in total. The number of ether oxygens (including phenoxy) is 1. The van der Waals surface area contributed by atoms with E-state index in [0.717, 1.165) is 11.3 Å². The largest absolute Gasteiger partial charge is 0.497 e. The third-order valence-corrected chi connectivity index (χ3v) is 2.37. The molecule has 3 N–H and O–H groups in total. The van der Waals surface area contributed by atoms with E-state index in [1.54, 1.807) is 14.0 Å². The van der Waals surface area contributed by atoms with Gasteiger partial charge >= 0.3 is 0 Å². The van der Waals surface area contributed by atoms with Crippen LogP contribution in [0.5, 0.6) is 5.75 Å². The summed E-state index contributed by atoms with van der Waals surface area (Å²) in [5.74, 6) is 0.620. The fourth-order valence-corrected chi connectivity index (χ4v) is 1.34. The van der Waals surface area contributed by atoms with Gasteiger partial charge < -0.3 is 15.8 Å². The van der Waals surface area contributed by atoms with Gasteiger partial charge in [0.15, 0.2) is 0 Å². The van der Waals surface area contributed by atoms with E-state index in [2.05, 4.69) is 5.32 Å². The van der Waals surface area contributed by atoms with Crippen LogP contribution in [0.15, 0.2) is 24.3 Å². The van der Waals surface area contributed by atoms with Crippen molar-refractivity contribution in [2.24, 2.45) is 5.73 Å². The standard InChI is InChI=1S/C12H18N2O2/c1-8(13)12(15)14-9(2)10-5-4-6-11(7-10)16-3/h4-9H,13H2,1-3H3,(H,14,15)/t8-,9?/m1/s1. The van der Waals surface area contributed by atoms with Crippen molar-refractivity contribution in [1.29, 1.82) is 0 Å². The molecule has 0 radical (unpaired) electrons. The van der Waals surface area contributed by atoms with E-state index < -0.39 is 6.04 Å². The lowest BCUT2D eigenvalue weighted by Crippen LogP contribution is -2.39. The second-order valence-electron chi connectivity index (χ2n) is 3.80. The van der Waals surface area contributed by atoms with E-state index in [0.29, 0.717) is 0 Å². The zero-order valence-electron chi connectivity index (χ0n) is 9.86. The zero-order valence-corrected chi connectivity index (χ0v) is 9.86. The maximum absolute atomic E-state index is 11.4. The second-order valence-corrected chi connectivity index (χ2v) is 3.80. The van der Waals surface area contributed by atoms with Crippen LogP contribution >= 0.6 is 0 Å². The molecule has 0 saturated carbocycles. The molecule has 0 aliphatic carbocycles. The molecule has 0 aliphatic rings. The average molecular weight is 222 g/mol. The van der Waals surface area contributed by atoms with Crippen LogP contribution in [0.1, 0.15) is 25.5 Å². The highest BCUT2D eigenvalue weighted by Gasteiger charge is 2.12. The third kappa shape index (κ3) is 3.24. The number of carbonyl (C=O) groups is 1. The molecule has 1 unspecified atom stereocenters. The summed E-state index contributed by atoms with van der Waals surface area (Å²) in [5, 5.41) is 2.83. The van der Waals surface area contributed by atoms with Gasteiger partial charge in [-0.15, -0.1) is 0 Å². The molecule has 0 aromatic heterocycles. The van der Waals surface area contributed by atoms with Gasteiger partial charge in [-0.3, -0.25) is 4.79 Å². The van der Waals surface area contributed by atoms with E-state index in [9.17, 15) is 4.79 Å². The van der Waals surface area contributed by atoms with Crippen molar-refractivity contribution in [2.75, 3.05) is 7.11 Å². The fourth-order valence-electron chi connectivity index (χ4n) is 1.34. The highest BCUT2D eigenvalue weighted by Crippen LogP contribution is 2.18. The Morgan fingerprint density at radius 3 is 2.69 bits per heavy atom. The normalized spacial score (nSPS) is 14.0. The lowest BCUT2D eigenvalue weighted by atomic mass is 10.1. The maximum atomic E-state index is 11.4. The minimum atomic E-state index is -0.493. The second kappa shape index (κ2) is 5.51. The van der Waals surface area contributed by atoms with Gasteiger partial charge in [-0.25, -0.2) is 0 Å². The van der Waals surface area contributed by atoms with Crippen molar-refractivity contribution in [1.82, 2.24) is 5.32 Å². The molecule has 0 heterocycles. The van der Waals surface area contributed by atoms with Gasteiger partial charge in [-0.1, -0.05) is 12.1 Å². The van der Waals surface area contributed by atoms with E-state index in [1.165, 1.54) is 0 Å². The molecule has 4 heteroatoms. The highest BCUT2D eigenvalue weighted by atomic mass is 16.5. The minimum Gasteiger partial charge on any atom is -0.497 e. The van der Waals surface area contributed by atoms with Crippen LogP contribution in [0.2, 0.25) is 0 Å². The summed E-state index contributed by atoms with van der Waals surface area (Å²) in [6.45, 7) is 3.57. The Kier molecular flexibility index (Phi) is 4.31. The predicted molar refractivity (Wildman–Crippen MR) is 63.2 cm³/mol. The molecule has 16 heavy (non-hydrogen) atoms. The lowest BCUT2D eigenvalue weighted by molar-refractivity contribution is -0.122. The predicted octanol–water partition coefficient (Wildman–Crippen LogP) is 1.22. The Morgan fingerprint density at radius 2 is 2.12 bits per heavy atom. The van der Waals surface area contributed by atoms with E-state index in [4.69, 9.17) is 10.5 Å². The topological polar surface area (TPSA) is 64.3 Å². The Balaban J connectivity index is 2.72. The molecule has 0 fully saturated rings. The molecule has 2 atom stereocenters. The van der Waals surface area contributed by atoms with Crippen LogP contribution in [0.3, 0.4) is 0 Å². The number of hydrogen-bond donors (Lipinski definition) is 2. The fraction of sp³-hybridized carbons (Fsp3) is 0.417. The number of benzene rings is 1. The molecule has 0 aliphatic heterocycles. The summed E-state index contributed by atoms with van der Waals surface area (Å²) in [5.41, 5.74) is 6.48. The van der Waals surface area contributed by atoms with Crippen LogP contribution < -0.4 is 15.8 Å². The van der Waals surface area contributed by atoms with Gasteiger partial charge in [0.05, 0.1) is 19.2 Å². The van der Waals surface area contributed by atoms with Crippen molar-refractivity contribution in [3.63, 3.8) is 0 Å². The first-order valence-corrected chi connectivity index (χ1v) is 5.24. The minimum absolute atomic E-state index is 0.0754. The number of carbonyl (C=O) groups excluding carboxylic acids is 1. The summed E-state index contributed by atoms with van der Waals surface area (Å²) in [7, 11) is 1.62. The van der Waals surface area contributed by atoms with Crippen molar-refractivity contribution in [2.45, 2.75) is 25.9 Å². The molecule has 0 saturated heterocycles. The summed E-state index contributed by atoms with van der Waals surface area (Å²) in [6.07, 6.45) is 0. The van der Waals surface area contributed by atoms with Crippen LogP contribution in [-0.2, 0) is 4.79 Å². The number of nitrogens with two attached hydrogens (primary N) is 1. The first kappa shape index (κ1) is 12.5. The molecule has 1 aromatic carbocycles. The number of amides is 1. The van der Waals surface area contributed by atoms with Gasteiger partial charge in [-0.2, -0.15) is 0 Å². The van der Waals surface area contributed by atoms with Gasteiger partial charge in [-0.05, 0) is 31.5 Å².